The van der Waals surface area contributed by atoms with Gasteiger partial charge >= 0.3 is 0 Å². The van der Waals surface area contributed by atoms with Gasteiger partial charge < -0.3 is 20.3 Å². The summed E-state index contributed by atoms with van der Waals surface area (Å²) in [5.74, 6) is 3.37. The molecule has 2 unspecified atom stereocenters. The highest BCUT2D eigenvalue weighted by Crippen LogP contribution is 2.47. The number of nitrogens with one attached hydrogen (secondary N) is 2. The molecule has 0 bridgehead atoms. The van der Waals surface area contributed by atoms with E-state index < -0.39 is 0 Å². The van der Waals surface area contributed by atoms with E-state index in [-0.39, 0.29) is 17.2 Å². The number of pyridine rings is 2. The number of methoxy groups -OCH3 is 1. The lowest BCUT2D eigenvalue weighted by Crippen LogP contribution is -2.38. The predicted molar refractivity (Wildman–Crippen MR) is 140 cm³/mol. The van der Waals surface area contributed by atoms with Crippen molar-refractivity contribution in [2.75, 3.05) is 37.5 Å². The summed E-state index contributed by atoms with van der Waals surface area (Å²) in [6.07, 6.45) is 10.2. The first kappa shape index (κ1) is 24.2. The van der Waals surface area contributed by atoms with E-state index in [1.165, 1.54) is 0 Å². The summed E-state index contributed by atoms with van der Waals surface area (Å²) in [6.45, 7) is 1.76. The molecule has 1 spiro atoms. The Bertz CT molecular complexity index is 1240. The van der Waals surface area contributed by atoms with Gasteiger partial charge in [-0.2, -0.15) is 0 Å². The standard InChI is InChI=1S/C26H30ClN7O2/c1-28-25(35)17-5-3-7-26(13-17)8-10-34(16-26)23-12-22(31-21-11-20(36-2)19(27)15-30-21)32-24(33-23)18-6-4-9-29-14-18/h4,6,9,11-12,14-15,17H,3,5,7-8,10,13,16H2,1-2H3,(H,28,35)(H,30,31,32,33). The lowest BCUT2D eigenvalue weighted by Gasteiger charge is -2.37. The molecule has 1 aliphatic carbocycles. The van der Waals surface area contributed by atoms with E-state index in [1.54, 1.807) is 38.8 Å². The molecule has 1 amide bonds. The quantitative estimate of drug-likeness (QED) is 0.503. The molecule has 2 fully saturated rings. The van der Waals surface area contributed by atoms with Crippen LogP contribution >= 0.6 is 11.6 Å². The van der Waals surface area contributed by atoms with Crippen LogP contribution in [0, 0.1) is 11.3 Å². The average Bonchev–Trinajstić information content (AvgIpc) is 3.32. The van der Waals surface area contributed by atoms with Crippen LogP contribution in [0.3, 0.4) is 0 Å². The van der Waals surface area contributed by atoms with Crippen molar-refractivity contribution < 1.29 is 9.53 Å². The minimum atomic E-state index is 0.0863. The van der Waals surface area contributed by atoms with Crippen LogP contribution in [0.15, 0.2) is 42.9 Å². The van der Waals surface area contributed by atoms with Crippen LogP contribution in [-0.2, 0) is 4.79 Å². The van der Waals surface area contributed by atoms with Crippen molar-refractivity contribution >= 4 is 35.0 Å². The van der Waals surface area contributed by atoms with E-state index in [4.69, 9.17) is 26.3 Å². The Balaban J connectivity index is 1.45. The molecule has 1 saturated heterocycles. The maximum atomic E-state index is 12.4. The maximum absolute atomic E-state index is 12.4. The highest BCUT2D eigenvalue weighted by Gasteiger charge is 2.43. The Morgan fingerprint density at radius 3 is 2.89 bits per heavy atom. The highest BCUT2D eigenvalue weighted by molar-refractivity contribution is 6.32. The van der Waals surface area contributed by atoms with Gasteiger partial charge in [0.1, 0.15) is 28.2 Å². The summed E-state index contributed by atoms with van der Waals surface area (Å²) in [6, 6.07) is 7.50. The van der Waals surface area contributed by atoms with Gasteiger partial charge in [-0.25, -0.2) is 15.0 Å². The monoisotopic (exact) mass is 507 g/mol. The number of hydrogen-bond donors (Lipinski definition) is 2. The Kier molecular flexibility index (Phi) is 6.91. The van der Waals surface area contributed by atoms with E-state index in [0.717, 1.165) is 56.6 Å². The molecule has 2 N–H and O–H groups in total. The third-order valence-electron chi connectivity index (χ3n) is 7.25. The first-order chi connectivity index (χ1) is 17.5. The fourth-order valence-corrected chi connectivity index (χ4v) is 5.62. The number of halogens is 1. The van der Waals surface area contributed by atoms with Gasteiger partial charge in [0.2, 0.25) is 5.91 Å². The van der Waals surface area contributed by atoms with Crippen LogP contribution in [0.5, 0.6) is 5.75 Å². The van der Waals surface area contributed by atoms with Crippen molar-refractivity contribution in [2.24, 2.45) is 11.3 Å². The normalized spacial score (nSPS) is 21.4. The molecular formula is C26H30ClN7O2. The third-order valence-corrected chi connectivity index (χ3v) is 7.53. The molecule has 2 atom stereocenters. The van der Waals surface area contributed by atoms with Crippen LogP contribution in [0.25, 0.3) is 11.4 Å². The third kappa shape index (κ3) is 5.06. The predicted octanol–water partition coefficient (Wildman–Crippen LogP) is 4.47. The fraction of sp³-hybridized carbons (Fsp3) is 0.423. The topological polar surface area (TPSA) is 105 Å². The zero-order valence-corrected chi connectivity index (χ0v) is 21.3. The van der Waals surface area contributed by atoms with Crippen molar-refractivity contribution in [2.45, 2.75) is 32.1 Å². The van der Waals surface area contributed by atoms with E-state index in [9.17, 15) is 4.79 Å². The van der Waals surface area contributed by atoms with Gasteiger partial charge in [0, 0.05) is 56.1 Å². The first-order valence-electron chi connectivity index (χ1n) is 12.2. The molecule has 9 nitrogen and oxygen atoms in total. The highest BCUT2D eigenvalue weighted by atomic mass is 35.5. The SMILES string of the molecule is CNC(=O)C1CCCC2(CCN(c3cc(Nc4cc(OC)c(Cl)cn4)nc(-c4cccnc4)n3)C2)C1. The second-order valence-electron chi connectivity index (χ2n) is 9.58. The van der Waals surface area contributed by atoms with Gasteiger partial charge in [0.05, 0.1) is 13.3 Å². The van der Waals surface area contributed by atoms with Crippen molar-refractivity contribution in [3.63, 3.8) is 0 Å². The molecule has 1 aliphatic heterocycles. The molecule has 4 heterocycles. The van der Waals surface area contributed by atoms with Crippen LogP contribution in [0.1, 0.15) is 32.1 Å². The molecule has 10 heteroatoms. The summed E-state index contributed by atoms with van der Waals surface area (Å²) < 4.78 is 5.33. The molecule has 3 aromatic heterocycles. The van der Waals surface area contributed by atoms with Gasteiger partial charge in [-0.15, -0.1) is 0 Å². The number of hydrogen-bond acceptors (Lipinski definition) is 8. The van der Waals surface area contributed by atoms with Gasteiger partial charge in [-0.05, 0) is 43.2 Å². The number of ether oxygens (including phenoxy) is 1. The van der Waals surface area contributed by atoms with Crippen LogP contribution < -0.4 is 20.3 Å². The number of aromatic nitrogens is 4. The smallest absolute Gasteiger partial charge is 0.222 e. The Morgan fingerprint density at radius 1 is 1.22 bits per heavy atom. The zero-order valence-electron chi connectivity index (χ0n) is 20.5. The van der Waals surface area contributed by atoms with Crippen LogP contribution in [0.4, 0.5) is 17.5 Å². The number of carbonyl (C=O) groups is 1. The second kappa shape index (κ2) is 10.3. The maximum Gasteiger partial charge on any atom is 0.222 e. The number of rotatable bonds is 6. The summed E-state index contributed by atoms with van der Waals surface area (Å²) >= 11 is 6.15. The van der Waals surface area contributed by atoms with Crippen molar-refractivity contribution in [3.8, 4) is 17.1 Å². The Morgan fingerprint density at radius 2 is 2.11 bits per heavy atom. The number of anilines is 3. The average molecular weight is 508 g/mol. The molecular weight excluding hydrogens is 478 g/mol. The summed E-state index contributed by atoms with van der Waals surface area (Å²) in [7, 11) is 3.29. The van der Waals surface area contributed by atoms with Crippen molar-refractivity contribution in [1.29, 1.82) is 0 Å². The zero-order chi connectivity index (χ0) is 25.1. The van der Waals surface area contributed by atoms with Crippen molar-refractivity contribution in [1.82, 2.24) is 25.3 Å². The van der Waals surface area contributed by atoms with Gasteiger partial charge in [-0.1, -0.05) is 18.0 Å². The molecule has 3 aromatic rings. The fourth-order valence-electron chi connectivity index (χ4n) is 5.44. The molecule has 188 valence electrons. The van der Waals surface area contributed by atoms with Crippen LogP contribution in [-0.4, -0.2) is 53.1 Å². The van der Waals surface area contributed by atoms with Crippen LogP contribution in [0.2, 0.25) is 5.02 Å². The van der Waals surface area contributed by atoms with E-state index >= 15 is 0 Å². The second-order valence-corrected chi connectivity index (χ2v) is 9.99. The molecule has 0 aromatic carbocycles. The minimum Gasteiger partial charge on any atom is -0.495 e. The Hall–Kier alpha value is -3.46. The molecule has 0 radical (unpaired) electrons. The van der Waals surface area contributed by atoms with Gasteiger partial charge in [0.25, 0.3) is 0 Å². The summed E-state index contributed by atoms with van der Waals surface area (Å²) in [4.78, 5) is 32.9. The van der Waals surface area contributed by atoms with E-state index in [0.29, 0.717) is 28.2 Å². The number of carbonyl (C=O) groups excluding carboxylic acids is 1. The number of nitrogens with zero attached hydrogens (tertiary/aromatic N) is 5. The molecule has 2 aliphatic rings. The molecule has 36 heavy (non-hydrogen) atoms. The van der Waals surface area contributed by atoms with E-state index in [2.05, 4.69) is 25.5 Å². The summed E-state index contributed by atoms with van der Waals surface area (Å²) in [5.41, 5.74) is 0.961. The van der Waals surface area contributed by atoms with Gasteiger partial charge in [0.15, 0.2) is 5.82 Å². The summed E-state index contributed by atoms with van der Waals surface area (Å²) in [5, 5.41) is 6.56. The first-order valence-corrected chi connectivity index (χ1v) is 12.6. The number of amides is 1. The van der Waals surface area contributed by atoms with Crippen molar-refractivity contribution in [3.05, 3.63) is 47.9 Å². The van der Waals surface area contributed by atoms with E-state index in [1.807, 2.05) is 18.2 Å². The molecule has 1 saturated carbocycles. The minimum absolute atomic E-state index is 0.0863. The lowest BCUT2D eigenvalue weighted by atomic mass is 9.69. The lowest BCUT2D eigenvalue weighted by molar-refractivity contribution is -0.126. The van der Waals surface area contributed by atoms with Gasteiger partial charge in [-0.3, -0.25) is 9.78 Å². The Labute approximate surface area is 215 Å². The molecule has 5 rings (SSSR count). The largest absolute Gasteiger partial charge is 0.495 e.